The minimum absolute atomic E-state index is 0.434. The number of nitrogens with zero attached hydrogens (tertiary/aromatic N) is 3. The summed E-state index contributed by atoms with van der Waals surface area (Å²) >= 11 is 5.79. The van der Waals surface area contributed by atoms with Gasteiger partial charge in [0, 0.05) is 18.8 Å². The number of halogens is 1. The average Bonchev–Trinajstić information content (AvgIpc) is 2.54. The van der Waals surface area contributed by atoms with E-state index in [9.17, 15) is 0 Å². The Morgan fingerprint density at radius 1 is 1.38 bits per heavy atom. The Balaban J connectivity index is 2.19. The van der Waals surface area contributed by atoms with Gasteiger partial charge in [-0.3, -0.25) is 4.98 Å². The summed E-state index contributed by atoms with van der Waals surface area (Å²) in [6, 6.07) is 0.558. The number of anilines is 1. The minimum atomic E-state index is 0.434. The van der Waals surface area contributed by atoms with Gasteiger partial charge >= 0.3 is 0 Å². The van der Waals surface area contributed by atoms with Crippen LogP contribution >= 0.6 is 11.6 Å². The molecule has 0 N–H and O–H groups in total. The third kappa shape index (κ3) is 2.64. The maximum atomic E-state index is 5.79. The van der Waals surface area contributed by atoms with Gasteiger partial charge < -0.3 is 4.90 Å². The van der Waals surface area contributed by atoms with Gasteiger partial charge in [-0.15, -0.1) is 11.6 Å². The Morgan fingerprint density at radius 2 is 2.25 bits per heavy atom. The molecule has 1 atom stereocenters. The molecule has 0 aliphatic carbocycles. The van der Waals surface area contributed by atoms with Crippen molar-refractivity contribution in [2.45, 2.75) is 44.5 Å². The van der Waals surface area contributed by atoms with E-state index in [1.54, 1.807) is 6.20 Å². The summed E-state index contributed by atoms with van der Waals surface area (Å²) in [5.41, 5.74) is 0.857. The first kappa shape index (κ1) is 11.6. The summed E-state index contributed by atoms with van der Waals surface area (Å²) < 4.78 is 0. The zero-order valence-corrected chi connectivity index (χ0v) is 10.5. The van der Waals surface area contributed by atoms with Crippen LogP contribution in [0.3, 0.4) is 0 Å². The first-order chi connectivity index (χ1) is 7.81. The molecule has 1 fully saturated rings. The first-order valence-electron chi connectivity index (χ1n) is 5.95. The molecule has 1 aromatic rings. The summed E-state index contributed by atoms with van der Waals surface area (Å²) in [4.78, 5) is 11.1. The maximum absolute atomic E-state index is 5.79. The van der Waals surface area contributed by atoms with Crippen molar-refractivity contribution >= 4 is 17.4 Å². The summed E-state index contributed by atoms with van der Waals surface area (Å²) in [6.45, 7) is 3.35. The average molecular weight is 240 g/mol. The Hall–Kier alpha value is -0.830. The lowest BCUT2D eigenvalue weighted by atomic mass is 10.1. The maximum Gasteiger partial charge on any atom is 0.147 e. The molecular formula is C12H18ClN3. The van der Waals surface area contributed by atoms with Crippen molar-refractivity contribution in [3.05, 3.63) is 18.1 Å². The van der Waals surface area contributed by atoms with E-state index in [-0.39, 0.29) is 0 Å². The van der Waals surface area contributed by atoms with E-state index in [0.29, 0.717) is 11.9 Å². The molecule has 0 spiro atoms. The second-order valence-electron chi connectivity index (χ2n) is 4.39. The molecule has 0 bridgehead atoms. The molecule has 0 saturated carbocycles. The molecule has 4 heteroatoms. The van der Waals surface area contributed by atoms with E-state index in [1.807, 2.05) is 6.20 Å². The second-order valence-corrected chi connectivity index (χ2v) is 4.66. The predicted octanol–water partition coefficient (Wildman–Crippen LogP) is 2.98. The number of hydrogen-bond donors (Lipinski definition) is 0. The van der Waals surface area contributed by atoms with Gasteiger partial charge in [0.2, 0.25) is 0 Å². The molecule has 3 nitrogen and oxygen atoms in total. The predicted molar refractivity (Wildman–Crippen MR) is 66.9 cm³/mol. The van der Waals surface area contributed by atoms with Crippen LogP contribution in [-0.4, -0.2) is 22.6 Å². The minimum Gasteiger partial charge on any atom is -0.353 e. The standard InChI is InChI=1S/C12H18ClN3/c1-10-5-3-2-4-6-16(10)12-9-14-8-11(7-13)15-12/h8-10H,2-7H2,1H3. The highest BCUT2D eigenvalue weighted by Crippen LogP contribution is 2.22. The van der Waals surface area contributed by atoms with Crippen LogP contribution in [0, 0.1) is 0 Å². The summed E-state index contributed by atoms with van der Waals surface area (Å²) in [6.07, 6.45) is 8.71. The molecule has 0 amide bonds. The quantitative estimate of drug-likeness (QED) is 0.743. The highest BCUT2D eigenvalue weighted by Gasteiger charge is 2.18. The zero-order valence-electron chi connectivity index (χ0n) is 9.69. The van der Waals surface area contributed by atoms with Gasteiger partial charge in [0.15, 0.2) is 0 Å². The molecule has 1 aromatic heterocycles. The molecule has 1 unspecified atom stereocenters. The highest BCUT2D eigenvalue weighted by atomic mass is 35.5. The molecule has 0 radical (unpaired) electrons. The lowest BCUT2D eigenvalue weighted by molar-refractivity contribution is 0.609. The van der Waals surface area contributed by atoms with Gasteiger partial charge in [-0.05, 0) is 19.8 Å². The van der Waals surface area contributed by atoms with Crippen LogP contribution in [0.25, 0.3) is 0 Å². The molecule has 2 heterocycles. The Kier molecular flexibility index (Phi) is 3.99. The highest BCUT2D eigenvalue weighted by molar-refractivity contribution is 6.16. The van der Waals surface area contributed by atoms with Crippen molar-refractivity contribution < 1.29 is 0 Å². The fourth-order valence-corrected chi connectivity index (χ4v) is 2.34. The normalized spacial score (nSPS) is 21.9. The first-order valence-corrected chi connectivity index (χ1v) is 6.48. The van der Waals surface area contributed by atoms with Crippen LogP contribution in [0.1, 0.15) is 38.3 Å². The summed E-state index contributed by atoms with van der Waals surface area (Å²) in [7, 11) is 0. The Bertz CT molecular complexity index is 343. The third-order valence-corrected chi connectivity index (χ3v) is 3.43. The smallest absolute Gasteiger partial charge is 0.147 e. The van der Waals surface area contributed by atoms with E-state index < -0.39 is 0 Å². The van der Waals surface area contributed by atoms with Crippen molar-refractivity contribution in [2.24, 2.45) is 0 Å². The fraction of sp³-hybridized carbons (Fsp3) is 0.667. The SMILES string of the molecule is CC1CCCCCN1c1cncc(CCl)n1. The van der Waals surface area contributed by atoms with Crippen molar-refractivity contribution in [3.63, 3.8) is 0 Å². The Morgan fingerprint density at radius 3 is 3.06 bits per heavy atom. The fourth-order valence-electron chi connectivity index (χ4n) is 2.21. The van der Waals surface area contributed by atoms with Crippen LogP contribution in [0.2, 0.25) is 0 Å². The lowest BCUT2D eigenvalue weighted by Gasteiger charge is -2.28. The van der Waals surface area contributed by atoms with Gasteiger partial charge in [0.05, 0.1) is 17.8 Å². The molecule has 1 saturated heterocycles. The van der Waals surface area contributed by atoms with E-state index in [0.717, 1.165) is 18.1 Å². The summed E-state index contributed by atoms with van der Waals surface area (Å²) in [5.74, 6) is 1.41. The van der Waals surface area contributed by atoms with Gasteiger partial charge in [0.1, 0.15) is 5.82 Å². The van der Waals surface area contributed by atoms with Crippen molar-refractivity contribution in [2.75, 3.05) is 11.4 Å². The number of alkyl halides is 1. The van der Waals surface area contributed by atoms with Crippen LogP contribution < -0.4 is 4.90 Å². The third-order valence-electron chi connectivity index (χ3n) is 3.16. The van der Waals surface area contributed by atoms with Crippen LogP contribution in [0.4, 0.5) is 5.82 Å². The second kappa shape index (κ2) is 5.48. The van der Waals surface area contributed by atoms with Crippen LogP contribution in [0.5, 0.6) is 0 Å². The molecule has 0 aromatic carbocycles. The summed E-state index contributed by atoms with van der Waals surface area (Å²) in [5, 5.41) is 0. The molecular weight excluding hydrogens is 222 g/mol. The van der Waals surface area contributed by atoms with E-state index in [1.165, 1.54) is 25.7 Å². The number of aromatic nitrogens is 2. The van der Waals surface area contributed by atoms with Crippen molar-refractivity contribution in [3.8, 4) is 0 Å². The van der Waals surface area contributed by atoms with Crippen molar-refractivity contribution in [1.29, 1.82) is 0 Å². The van der Waals surface area contributed by atoms with E-state index in [2.05, 4.69) is 21.8 Å². The topological polar surface area (TPSA) is 29.0 Å². The van der Waals surface area contributed by atoms with Crippen LogP contribution in [-0.2, 0) is 5.88 Å². The van der Waals surface area contributed by atoms with Gasteiger partial charge in [-0.25, -0.2) is 4.98 Å². The van der Waals surface area contributed by atoms with E-state index in [4.69, 9.17) is 11.6 Å². The van der Waals surface area contributed by atoms with Gasteiger partial charge in [-0.1, -0.05) is 12.8 Å². The molecule has 16 heavy (non-hydrogen) atoms. The number of hydrogen-bond acceptors (Lipinski definition) is 3. The monoisotopic (exact) mass is 239 g/mol. The van der Waals surface area contributed by atoms with Crippen LogP contribution in [0.15, 0.2) is 12.4 Å². The van der Waals surface area contributed by atoms with Crippen molar-refractivity contribution in [1.82, 2.24) is 9.97 Å². The van der Waals surface area contributed by atoms with Gasteiger partial charge in [0.25, 0.3) is 0 Å². The molecule has 1 aliphatic heterocycles. The van der Waals surface area contributed by atoms with Gasteiger partial charge in [-0.2, -0.15) is 0 Å². The molecule has 88 valence electrons. The molecule has 2 rings (SSSR count). The Labute approximate surface area is 102 Å². The molecule has 1 aliphatic rings. The largest absolute Gasteiger partial charge is 0.353 e. The number of rotatable bonds is 2. The zero-order chi connectivity index (χ0) is 11.4. The van der Waals surface area contributed by atoms with E-state index >= 15 is 0 Å². The lowest BCUT2D eigenvalue weighted by Crippen LogP contribution is -2.33.